The lowest BCUT2D eigenvalue weighted by molar-refractivity contribution is 0.0986. The molecule has 1 aliphatic carbocycles. The second kappa shape index (κ2) is 10.1. The van der Waals surface area contributed by atoms with Gasteiger partial charge in [0.05, 0.1) is 15.1 Å². The molecule has 182 valence electrons. The van der Waals surface area contributed by atoms with E-state index in [0.717, 1.165) is 48.0 Å². The van der Waals surface area contributed by atoms with Crippen LogP contribution in [0, 0.1) is 0 Å². The zero-order chi connectivity index (χ0) is 24.5. The Bertz CT molecular complexity index is 1270. The van der Waals surface area contributed by atoms with Crippen LogP contribution in [0.25, 0.3) is 10.2 Å². The summed E-state index contributed by atoms with van der Waals surface area (Å²) in [5.41, 5.74) is 2.56. The van der Waals surface area contributed by atoms with Gasteiger partial charge in [-0.1, -0.05) is 30.4 Å². The number of aryl methyl sites for hydroxylation is 1. The van der Waals surface area contributed by atoms with E-state index in [1.54, 1.807) is 24.1 Å². The molecule has 0 radical (unpaired) electrons. The summed E-state index contributed by atoms with van der Waals surface area (Å²) in [5, 5.41) is 0.671. The van der Waals surface area contributed by atoms with E-state index < -0.39 is 10.0 Å². The van der Waals surface area contributed by atoms with Crippen LogP contribution >= 0.6 is 11.3 Å². The van der Waals surface area contributed by atoms with E-state index in [2.05, 4.69) is 17.9 Å². The van der Waals surface area contributed by atoms with Gasteiger partial charge in [-0.15, -0.1) is 0 Å². The summed E-state index contributed by atoms with van der Waals surface area (Å²) >= 11 is 1.52. The highest BCUT2D eigenvalue weighted by atomic mass is 32.2. The van der Waals surface area contributed by atoms with Crippen molar-refractivity contribution in [3.63, 3.8) is 0 Å². The minimum Gasteiger partial charge on any atom is -0.309 e. The van der Waals surface area contributed by atoms with Gasteiger partial charge in [-0.05, 0) is 82.2 Å². The number of hydrogen-bond acceptors (Lipinski definition) is 6. The van der Waals surface area contributed by atoms with Gasteiger partial charge in [0.25, 0.3) is 5.91 Å². The number of anilines is 1. The SMILES string of the molecule is CCc1cccc2sc(N(CCCN(C)C)C(=O)c3ccc(S(=O)(=O)N(C)C4CC4)cc3)nc12. The molecule has 0 spiro atoms. The number of nitrogens with zero attached hydrogens (tertiary/aromatic N) is 4. The number of fused-ring (bicyclic) bond motifs is 1. The summed E-state index contributed by atoms with van der Waals surface area (Å²) in [7, 11) is 2.09. The molecular weight excluding hydrogens is 468 g/mol. The van der Waals surface area contributed by atoms with Crippen LogP contribution in [0.1, 0.15) is 42.1 Å². The monoisotopic (exact) mass is 500 g/mol. The molecule has 0 aliphatic heterocycles. The highest BCUT2D eigenvalue weighted by molar-refractivity contribution is 7.89. The smallest absolute Gasteiger partial charge is 0.260 e. The first-order chi connectivity index (χ1) is 16.2. The van der Waals surface area contributed by atoms with E-state index in [0.29, 0.717) is 17.2 Å². The third kappa shape index (κ3) is 5.17. The van der Waals surface area contributed by atoms with Crippen molar-refractivity contribution in [1.29, 1.82) is 0 Å². The van der Waals surface area contributed by atoms with Crippen molar-refractivity contribution in [2.75, 3.05) is 39.1 Å². The van der Waals surface area contributed by atoms with Crippen LogP contribution in [0.3, 0.4) is 0 Å². The second-order valence-electron chi connectivity index (χ2n) is 9.00. The number of aromatic nitrogens is 1. The second-order valence-corrected chi connectivity index (χ2v) is 12.0. The number of benzene rings is 2. The molecule has 1 aromatic heterocycles. The summed E-state index contributed by atoms with van der Waals surface area (Å²) in [4.78, 5) is 22.5. The van der Waals surface area contributed by atoms with Gasteiger partial charge in [0, 0.05) is 25.2 Å². The molecule has 0 unspecified atom stereocenters. The molecule has 3 aromatic rings. The summed E-state index contributed by atoms with van der Waals surface area (Å²) in [6, 6.07) is 12.5. The van der Waals surface area contributed by atoms with Gasteiger partial charge >= 0.3 is 0 Å². The fraction of sp³-hybridized carbons (Fsp3) is 0.440. The highest BCUT2D eigenvalue weighted by Gasteiger charge is 2.35. The van der Waals surface area contributed by atoms with Gasteiger partial charge in [0.2, 0.25) is 10.0 Å². The Morgan fingerprint density at radius 1 is 1.06 bits per heavy atom. The summed E-state index contributed by atoms with van der Waals surface area (Å²) < 4.78 is 28.2. The molecule has 2 aromatic carbocycles. The largest absolute Gasteiger partial charge is 0.309 e. The third-order valence-corrected chi connectivity index (χ3v) is 9.14. The minimum atomic E-state index is -3.55. The van der Waals surface area contributed by atoms with Crippen LogP contribution in [0.15, 0.2) is 47.4 Å². The number of hydrogen-bond donors (Lipinski definition) is 0. The number of amides is 1. The van der Waals surface area contributed by atoms with Crippen LogP contribution in [0.5, 0.6) is 0 Å². The molecule has 9 heteroatoms. The zero-order valence-electron chi connectivity index (χ0n) is 20.2. The van der Waals surface area contributed by atoms with E-state index in [9.17, 15) is 13.2 Å². The molecule has 0 N–H and O–H groups in total. The Hall–Kier alpha value is -2.33. The third-order valence-electron chi connectivity index (χ3n) is 6.17. The topological polar surface area (TPSA) is 73.8 Å². The Morgan fingerprint density at radius 3 is 2.38 bits per heavy atom. The van der Waals surface area contributed by atoms with Crippen LogP contribution in [0.4, 0.5) is 5.13 Å². The number of thiazole rings is 1. The first-order valence-electron chi connectivity index (χ1n) is 11.7. The maximum atomic E-state index is 13.6. The molecule has 0 atom stereocenters. The number of carbonyl (C=O) groups excluding carboxylic acids is 1. The standard InChI is InChI=1S/C25H32N4O3S2/c1-5-18-8-6-9-22-23(18)26-25(33-22)29(17-7-16-27(2)3)24(30)19-10-14-21(15-11-19)34(31,32)28(4)20-12-13-20/h6,8-11,14-15,20H,5,7,12-13,16-17H2,1-4H3. The Kier molecular flexibility index (Phi) is 7.37. The molecule has 1 aliphatic rings. The van der Waals surface area contributed by atoms with Gasteiger partial charge in [-0.2, -0.15) is 4.31 Å². The maximum absolute atomic E-state index is 13.6. The summed E-state index contributed by atoms with van der Waals surface area (Å²) in [6.07, 6.45) is 3.47. The molecule has 7 nitrogen and oxygen atoms in total. The molecule has 0 saturated heterocycles. The lowest BCUT2D eigenvalue weighted by Crippen LogP contribution is -2.33. The quantitative estimate of drug-likeness (QED) is 0.416. The minimum absolute atomic E-state index is 0.0885. The first kappa shape index (κ1) is 24.8. The van der Waals surface area contributed by atoms with E-state index in [-0.39, 0.29) is 16.8 Å². The van der Waals surface area contributed by atoms with Gasteiger partial charge in [0.1, 0.15) is 0 Å². The van der Waals surface area contributed by atoms with E-state index in [4.69, 9.17) is 4.98 Å². The normalized spacial score (nSPS) is 14.3. The predicted molar refractivity (Wildman–Crippen MR) is 138 cm³/mol. The van der Waals surface area contributed by atoms with E-state index in [1.165, 1.54) is 27.8 Å². The highest BCUT2D eigenvalue weighted by Crippen LogP contribution is 2.33. The van der Waals surface area contributed by atoms with Gasteiger partial charge in [-0.25, -0.2) is 13.4 Å². The average Bonchev–Trinajstić information content (AvgIpc) is 3.58. The van der Waals surface area contributed by atoms with Crippen molar-refractivity contribution >= 4 is 42.6 Å². The van der Waals surface area contributed by atoms with Crippen molar-refractivity contribution in [3.05, 3.63) is 53.6 Å². The molecule has 34 heavy (non-hydrogen) atoms. The molecule has 4 rings (SSSR count). The molecule has 0 bridgehead atoms. The van der Waals surface area contributed by atoms with Gasteiger partial charge < -0.3 is 4.90 Å². The van der Waals surface area contributed by atoms with E-state index in [1.807, 2.05) is 26.2 Å². The average molecular weight is 501 g/mol. The summed E-state index contributed by atoms with van der Waals surface area (Å²) in [5.74, 6) is -0.171. The maximum Gasteiger partial charge on any atom is 0.260 e. The Balaban J connectivity index is 1.63. The summed E-state index contributed by atoms with van der Waals surface area (Å²) in [6.45, 7) is 3.48. The van der Waals surface area contributed by atoms with Crippen molar-refractivity contribution in [2.24, 2.45) is 0 Å². The van der Waals surface area contributed by atoms with Gasteiger partial charge in [0.15, 0.2) is 5.13 Å². The van der Waals surface area contributed by atoms with Crippen molar-refractivity contribution in [1.82, 2.24) is 14.2 Å². The van der Waals surface area contributed by atoms with Crippen molar-refractivity contribution < 1.29 is 13.2 Å². The molecule has 1 heterocycles. The number of sulfonamides is 1. The number of rotatable bonds is 10. The number of para-hydroxylation sites is 1. The zero-order valence-corrected chi connectivity index (χ0v) is 21.8. The van der Waals surface area contributed by atoms with Crippen LogP contribution in [-0.2, 0) is 16.4 Å². The lowest BCUT2D eigenvalue weighted by atomic mass is 10.1. The Labute approximate surface area is 206 Å². The van der Waals surface area contributed by atoms with E-state index >= 15 is 0 Å². The molecule has 1 saturated carbocycles. The first-order valence-corrected chi connectivity index (χ1v) is 13.9. The van der Waals surface area contributed by atoms with Crippen molar-refractivity contribution in [3.8, 4) is 0 Å². The fourth-order valence-corrected chi connectivity index (χ4v) is 6.40. The predicted octanol–water partition coefficient (Wildman–Crippen LogP) is 4.24. The van der Waals surface area contributed by atoms with Gasteiger partial charge in [-0.3, -0.25) is 9.69 Å². The lowest BCUT2D eigenvalue weighted by Gasteiger charge is -2.21. The molecule has 1 amide bonds. The molecule has 1 fully saturated rings. The molecular formula is C25H32N4O3S2. The Morgan fingerprint density at radius 2 is 1.76 bits per heavy atom. The van der Waals surface area contributed by atoms with Crippen molar-refractivity contribution in [2.45, 2.75) is 43.5 Å². The van der Waals surface area contributed by atoms with Crippen LogP contribution in [-0.4, -0.2) is 68.8 Å². The number of carbonyl (C=O) groups is 1. The van der Waals surface area contributed by atoms with Crippen LogP contribution < -0.4 is 4.90 Å². The fourth-order valence-electron chi connectivity index (χ4n) is 3.95. The van der Waals surface area contributed by atoms with Crippen LogP contribution in [0.2, 0.25) is 0 Å².